The van der Waals surface area contributed by atoms with Gasteiger partial charge in [0.15, 0.2) is 17.6 Å². The van der Waals surface area contributed by atoms with E-state index in [1.807, 2.05) is 24.3 Å². The van der Waals surface area contributed by atoms with Gasteiger partial charge >= 0.3 is 6.03 Å². The van der Waals surface area contributed by atoms with Gasteiger partial charge in [0, 0.05) is 26.1 Å². The van der Waals surface area contributed by atoms with E-state index in [4.69, 9.17) is 9.47 Å². The van der Waals surface area contributed by atoms with Crippen LogP contribution in [0.1, 0.15) is 12.8 Å². The van der Waals surface area contributed by atoms with Crippen LogP contribution in [0.5, 0.6) is 11.5 Å². The molecule has 0 aromatic heterocycles. The number of fused-ring (bicyclic) bond motifs is 1. The monoisotopic (exact) mass is 333 g/mol. The standard InChI is InChI=1S/C17H23N3O4/c1-18-16(21)12-6-8-20(9-7-12)17(22)19-10-13-11-23-14-4-2-3-5-15(14)24-13/h2-5,12-13H,6-11H2,1H3,(H,18,21)(H,19,22)/t13-/m1/s1. The number of nitrogens with one attached hydrogen (secondary N) is 2. The number of piperidine rings is 1. The third-order valence-corrected chi connectivity index (χ3v) is 4.45. The zero-order valence-corrected chi connectivity index (χ0v) is 13.8. The van der Waals surface area contributed by atoms with Crippen LogP contribution in [-0.2, 0) is 4.79 Å². The first-order valence-corrected chi connectivity index (χ1v) is 8.30. The number of nitrogens with zero attached hydrogens (tertiary/aromatic N) is 1. The number of ether oxygens (including phenoxy) is 2. The number of carbonyl (C=O) groups excluding carboxylic acids is 2. The van der Waals surface area contributed by atoms with E-state index >= 15 is 0 Å². The first-order valence-electron chi connectivity index (χ1n) is 8.30. The summed E-state index contributed by atoms with van der Waals surface area (Å²) in [7, 11) is 1.64. The number of hydrogen-bond acceptors (Lipinski definition) is 4. The van der Waals surface area contributed by atoms with Gasteiger partial charge in [-0.1, -0.05) is 12.1 Å². The van der Waals surface area contributed by atoms with Gasteiger partial charge in [-0.3, -0.25) is 4.79 Å². The fraction of sp³-hybridized carbons (Fsp3) is 0.529. The van der Waals surface area contributed by atoms with Crippen molar-refractivity contribution in [2.45, 2.75) is 18.9 Å². The van der Waals surface area contributed by atoms with Crippen LogP contribution in [0.2, 0.25) is 0 Å². The number of benzene rings is 1. The van der Waals surface area contributed by atoms with Crippen LogP contribution in [0.15, 0.2) is 24.3 Å². The summed E-state index contributed by atoms with van der Waals surface area (Å²) in [6, 6.07) is 7.38. The molecule has 0 spiro atoms. The third kappa shape index (κ3) is 3.72. The molecule has 2 aliphatic rings. The van der Waals surface area contributed by atoms with Crippen LogP contribution in [-0.4, -0.2) is 56.2 Å². The summed E-state index contributed by atoms with van der Waals surface area (Å²) in [5.41, 5.74) is 0. The zero-order valence-electron chi connectivity index (χ0n) is 13.8. The van der Waals surface area contributed by atoms with Crippen LogP contribution in [0.4, 0.5) is 4.79 Å². The third-order valence-electron chi connectivity index (χ3n) is 4.45. The van der Waals surface area contributed by atoms with Crippen LogP contribution in [0.25, 0.3) is 0 Å². The predicted octanol–water partition coefficient (Wildman–Crippen LogP) is 0.994. The molecule has 0 unspecified atom stereocenters. The van der Waals surface area contributed by atoms with Gasteiger partial charge in [0.1, 0.15) is 6.61 Å². The Hall–Kier alpha value is -2.44. The smallest absolute Gasteiger partial charge is 0.317 e. The highest BCUT2D eigenvalue weighted by molar-refractivity contribution is 5.79. The molecule has 1 atom stereocenters. The molecule has 2 heterocycles. The Kier molecular flexibility index (Phi) is 5.08. The Morgan fingerprint density at radius 1 is 1.21 bits per heavy atom. The van der Waals surface area contributed by atoms with Gasteiger partial charge in [-0.05, 0) is 25.0 Å². The van der Waals surface area contributed by atoms with Crippen molar-refractivity contribution in [2.75, 3.05) is 33.3 Å². The van der Waals surface area contributed by atoms with E-state index in [2.05, 4.69) is 10.6 Å². The molecule has 1 fully saturated rings. The highest BCUT2D eigenvalue weighted by Crippen LogP contribution is 2.30. The number of para-hydroxylation sites is 2. The average Bonchev–Trinajstić information content (AvgIpc) is 2.65. The largest absolute Gasteiger partial charge is 0.486 e. The van der Waals surface area contributed by atoms with Crippen LogP contribution >= 0.6 is 0 Å². The lowest BCUT2D eigenvalue weighted by Gasteiger charge is -2.32. The summed E-state index contributed by atoms with van der Waals surface area (Å²) in [6.07, 6.45) is 1.19. The van der Waals surface area contributed by atoms with E-state index in [9.17, 15) is 9.59 Å². The van der Waals surface area contributed by atoms with E-state index in [-0.39, 0.29) is 24.0 Å². The normalized spacial score (nSPS) is 20.4. The molecule has 0 saturated carbocycles. The second kappa shape index (κ2) is 7.42. The second-order valence-electron chi connectivity index (χ2n) is 6.06. The maximum atomic E-state index is 12.3. The van der Waals surface area contributed by atoms with Gasteiger partial charge in [0.25, 0.3) is 0 Å². The quantitative estimate of drug-likeness (QED) is 0.865. The van der Waals surface area contributed by atoms with Gasteiger partial charge in [0.2, 0.25) is 5.91 Å². The summed E-state index contributed by atoms with van der Waals surface area (Å²) >= 11 is 0. The fourth-order valence-corrected chi connectivity index (χ4v) is 3.03. The maximum absolute atomic E-state index is 12.3. The molecule has 1 saturated heterocycles. The van der Waals surface area contributed by atoms with Gasteiger partial charge in [-0.25, -0.2) is 4.79 Å². The summed E-state index contributed by atoms with van der Waals surface area (Å²) in [5, 5.41) is 5.56. The molecule has 7 nitrogen and oxygen atoms in total. The summed E-state index contributed by atoms with van der Waals surface area (Å²) in [6.45, 7) is 1.99. The van der Waals surface area contributed by atoms with Crippen molar-refractivity contribution < 1.29 is 19.1 Å². The molecule has 0 radical (unpaired) electrons. The van der Waals surface area contributed by atoms with Gasteiger partial charge < -0.3 is 25.0 Å². The number of rotatable bonds is 3. The van der Waals surface area contributed by atoms with E-state index in [0.29, 0.717) is 44.8 Å². The topological polar surface area (TPSA) is 79.9 Å². The van der Waals surface area contributed by atoms with E-state index in [0.717, 1.165) is 5.75 Å². The molecule has 2 aliphatic heterocycles. The Balaban J connectivity index is 1.43. The maximum Gasteiger partial charge on any atom is 0.317 e. The molecular formula is C17H23N3O4. The predicted molar refractivity (Wildman–Crippen MR) is 88.1 cm³/mol. The van der Waals surface area contributed by atoms with E-state index < -0.39 is 0 Å². The number of likely N-dealkylation sites (tertiary alicyclic amines) is 1. The molecule has 3 amide bonds. The minimum absolute atomic E-state index is 0.00521. The first kappa shape index (κ1) is 16.4. The Bertz CT molecular complexity index is 599. The van der Waals surface area contributed by atoms with Crippen LogP contribution in [0, 0.1) is 5.92 Å². The van der Waals surface area contributed by atoms with Crippen molar-refractivity contribution in [1.29, 1.82) is 0 Å². The molecule has 0 bridgehead atoms. The summed E-state index contributed by atoms with van der Waals surface area (Å²) in [5.74, 6) is 1.50. The van der Waals surface area contributed by atoms with Gasteiger partial charge in [0.05, 0.1) is 6.54 Å². The van der Waals surface area contributed by atoms with E-state index in [1.165, 1.54) is 0 Å². The molecule has 1 aromatic rings. The minimum atomic E-state index is -0.202. The Labute approximate surface area is 141 Å². The molecular weight excluding hydrogens is 310 g/mol. The molecule has 3 rings (SSSR count). The summed E-state index contributed by atoms with van der Waals surface area (Å²) in [4.78, 5) is 25.6. The minimum Gasteiger partial charge on any atom is -0.486 e. The lowest BCUT2D eigenvalue weighted by atomic mass is 9.96. The Morgan fingerprint density at radius 2 is 1.92 bits per heavy atom. The fourth-order valence-electron chi connectivity index (χ4n) is 3.03. The summed E-state index contributed by atoms with van der Waals surface area (Å²) < 4.78 is 11.5. The Morgan fingerprint density at radius 3 is 2.62 bits per heavy atom. The van der Waals surface area contributed by atoms with Gasteiger partial charge in [-0.15, -0.1) is 0 Å². The number of hydrogen-bond donors (Lipinski definition) is 2. The van der Waals surface area contributed by atoms with Crippen molar-refractivity contribution in [3.63, 3.8) is 0 Å². The molecule has 24 heavy (non-hydrogen) atoms. The average molecular weight is 333 g/mol. The van der Waals surface area contributed by atoms with Crippen molar-refractivity contribution in [1.82, 2.24) is 15.5 Å². The van der Waals surface area contributed by atoms with Crippen LogP contribution < -0.4 is 20.1 Å². The van der Waals surface area contributed by atoms with Crippen LogP contribution in [0.3, 0.4) is 0 Å². The molecule has 130 valence electrons. The first-order chi connectivity index (χ1) is 11.7. The second-order valence-corrected chi connectivity index (χ2v) is 6.06. The van der Waals surface area contributed by atoms with Crippen molar-refractivity contribution in [3.05, 3.63) is 24.3 Å². The number of amides is 3. The number of carbonyl (C=O) groups is 2. The molecule has 0 aliphatic carbocycles. The SMILES string of the molecule is CNC(=O)C1CCN(C(=O)NC[C@@H]2COc3ccccc3O2)CC1. The highest BCUT2D eigenvalue weighted by Gasteiger charge is 2.27. The van der Waals surface area contributed by atoms with E-state index in [1.54, 1.807) is 11.9 Å². The molecule has 7 heteroatoms. The zero-order chi connectivity index (χ0) is 16.9. The number of urea groups is 1. The van der Waals surface area contributed by atoms with Gasteiger partial charge in [-0.2, -0.15) is 0 Å². The molecule has 2 N–H and O–H groups in total. The lowest BCUT2D eigenvalue weighted by molar-refractivity contribution is -0.125. The van der Waals surface area contributed by atoms with Crippen molar-refractivity contribution >= 4 is 11.9 Å². The lowest BCUT2D eigenvalue weighted by Crippen LogP contribution is -2.49. The highest BCUT2D eigenvalue weighted by atomic mass is 16.6. The van der Waals surface area contributed by atoms with Crippen molar-refractivity contribution in [2.24, 2.45) is 5.92 Å². The molecule has 1 aromatic carbocycles. The van der Waals surface area contributed by atoms with Crippen molar-refractivity contribution in [3.8, 4) is 11.5 Å².